The Balaban J connectivity index is 3.38. The number of amides is 1. The van der Waals surface area contributed by atoms with Gasteiger partial charge < -0.3 is 20.3 Å². The van der Waals surface area contributed by atoms with E-state index in [0.29, 0.717) is 25.9 Å². The number of rotatable bonds is 56. The van der Waals surface area contributed by atoms with Crippen molar-refractivity contribution in [2.45, 2.75) is 334 Å². The Labute approximate surface area is 424 Å². The molecule has 6 nitrogen and oxygen atoms in total. The fourth-order valence-corrected chi connectivity index (χ4v) is 9.25. The van der Waals surface area contributed by atoms with Gasteiger partial charge in [-0.3, -0.25) is 9.59 Å². The molecule has 6 heteroatoms. The lowest BCUT2D eigenvalue weighted by molar-refractivity contribution is -0.143. The smallest absolute Gasteiger partial charge is 0.305 e. The highest BCUT2D eigenvalue weighted by atomic mass is 16.5. The van der Waals surface area contributed by atoms with Crippen molar-refractivity contribution >= 4 is 11.9 Å². The summed E-state index contributed by atoms with van der Waals surface area (Å²) in [6.07, 6.45) is 71.6. The SMILES string of the molecule is CCCCCC/C=C\C/C=C\CCCCCCCC(=O)OCCCCCCCCCCCCCC/C=C\CCCCCCCCCCCC(=O)NC(CO)C(O)CCCCCCCCCCCC. The average molecular weight is 957 g/mol. The largest absolute Gasteiger partial charge is 0.466 e. The van der Waals surface area contributed by atoms with Gasteiger partial charge in [-0.15, -0.1) is 0 Å². The van der Waals surface area contributed by atoms with Crippen molar-refractivity contribution < 1.29 is 24.5 Å². The molecule has 0 aromatic heterocycles. The molecule has 68 heavy (non-hydrogen) atoms. The molecule has 0 aliphatic carbocycles. The zero-order valence-electron chi connectivity index (χ0n) is 45.6. The first-order valence-electron chi connectivity index (χ1n) is 30.2. The summed E-state index contributed by atoms with van der Waals surface area (Å²) < 4.78 is 5.48. The van der Waals surface area contributed by atoms with E-state index < -0.39 is 12.1 Å². The van der Waals surface area contributed by atoms with Crippen LogP contribution in [0.1, 0.15) is 322 Å². The Morgan fingerprint density at radius 2 is 0.735 bits per heavy atom. The molecule has 0 rings (SSSR count). The molecule has 0 saturated heterocycles. The second-order valence-corrected chi connectivity index (χ2v) is 20.7. The molecule has 0 aliphatic rings. The van der Waals surface area contributed by atoms with E-state index in [9.17, 15) is 19.8 Å². The molecule has 3 N–H and O–H groups in total. The van der Waals surface area contributed by atoms with Gasteiger partial charge in [-0.05, 0) is 83.5 Å². The first kappa shape index (κ1) is 66.1. The molecule has 0 heterocycles. The van der Waals surface area contributed by atoms with Gasteiger partial charge in [0.25, 0.3) is 0 Å². The number of esters is 1. The maximum atomic E-state index is 12.4. The Bertz CT molecular complexity index is 1100. The molecule has 1 amide bonds. The molecule has 0 bridgehead atoms. The standard InChI is InChI=1S/C62H117NO5/c1-3-5-7-9-11-13-15-16-17-30-33-36-40-44-48-52-56-62(67)68-57-53-49-45-41-37-34-31-28-26-24-22-20-18-19-21-23-25-27-29-32-35-39-43-47-51-55-61(66)63-59(58-64)60(65)54-50-46-42-38-14-12-10-8-6-4-2/h13,15,17,19,21,30,59-60,64-65H,3-12,14,16,18,20,22-29,31-58H2,1-2H3,(H,63,66)/b15-13-,21-19-,30-17-. The number of aliphatic hydroxyl groups excluding tert-OH is 2. The number of carbonyl (C=O) groups excluding carboxylic acids is 2. The Kier molecular flexibility index (Phi) is 56.0. The van der Waals surface area contributed by atoms with Gasteiger partial charge in [0.1, 0.15) is 0 Å². The predicted octanol–water partition coefficient (Wildman–Crippen LogP) is 18.8. The number of nitrogens with one attached hydrogen (secondary N) is 1. The number of unbranched alkanes of at least 4 members (excludes halogenated alkanes) is 39. The molecule has 2 unspecified atom stereocenters. The van der Waals surface area contributed by atoms with Crippen LogP contribution in [0.2, 0.25) is 0 Å². The minimum Gasteiger partial charge on any atom is -0.466 e. The third-order valence-electron chi connectivity index (χ3n) is 13.9. The van der Waals surface area contributed by atoms with Crippen molar-refractivity contribution in [2.75, 3.05) is 13.2 Å². The molecular formula is C62H117NO5. The maximum absolute atomic E-state index is 12.4. The van der Waals surface area contributed by atoms with Crippen LogP contribution in [0.5, 0.6) is 0 Å². The zero-order valence-corrected chi connectivity index (χ0v) is 45.6. The van der Waals surface area contributed by atoms with Crippen molar-refractivity contribution in [1.29, 1.82) is 0 Å². The zero-order chi connectivity index (χ0) is 49.3. The van der Waals surface area contributed by atoms with Gasteiger partial charge in [-0.25, -0.2) is 0 Å². The van der Waals surface area contributed by atoms with E-state index in [-0.39, 0.29) is 18.5 Å². The molecule has 0 aromatic rings. The molecule has 0 saturated carbocycles. The van der Waals surface area contributed by atoms with E-state index in [1.165, 1.54) is 238 Å². The van der Waals surface area contributed by atoms with E-state index in [1.54, 1.807) is 0 Å². The Morgan fingerprint density at radius 1 is 0.412 bits per heavy atom. The minimum absolute atomic E-state index is 0.000209. The van der Waals surface area contributed by atoms with Crippen LogP contribution in [0.25, 0.3) is 0 Å². The minimum atomic E-state index is -0.664. The van der Waals surface area contributed by atoms with Gasteiger partial charge in [0.2, 0.25) is 5.91 Å². The summed E-state index contributed by atoms with van der Waals surface area (Å²) in [5.74, 6) is -0.0398. The van der Waals surface area contributed by atoms with Crippen molar-refractivity contribution in [3.8, 4) is 0 Å². The maximum Gasteiger partial charge on any atom is 0.305 e. The first-order chi connectivity index (χ1) is 33.5. The molecule has 2 atom stereocenters. The monoisotopic (exact) mass is 956 g/mol. The van der Waals surface area contributed by atoms with E-state index in [4.69, 9.17) is 4.74 Å². The highest BCUT2D eigenvalue weighted by Crippen LogP contribution is 2.17. The first-order valence-corrected chi connectivity index (χ1v) is 30.2. The number of hydrogen-bond acceptors (Lipinski definition) is 5. The van der Waals surface area contributed by atoms with Crippen LogP contribution in [0.15, 0.2) is 36.5 Å². The number of hydrogen-bond donors (Lipinski definition) is 3. The van der Waals surface area contributed by atoms with E-state index in [0.717, 1.165) is 51.4 Å². The topological polar surface area (TPSA) is 95.9 Å². The van der Waals surface area contributed by atoms with Crippen LogP contribution in [0.3, 0.4) is 0 Å². The van der Waals surface area contributed by atoms with Gasteiger partial charge in [0.15, 0.2) is 0 Å². The van der Waals surface area contributed by atoms with Gasteiger partial charge in [0, 0.05) is 12.8 Å². The lowest BCUT2D eigenvalue weighted by atomic mass is 10.0. The molecule has 0 aromatic carbocycles. The third-order valence-corrected chi connectivity index (χ3v) is 13.9. The molecular weight excluding hydrogens is 839 g/mol. The summed E-state index contributed by atoms with van der Waals surface area (Å²) in [5, 5.41) is 23.1. The number of carbonyl (C=O) groups is 2. The fraction of sp³-hybridized carbons (Fsp3) is 0.871. The van der Waals surface area contributed by atoms with Crippen molar-refractivity contribution in [3.05, 3.63) is 36.5 Å². The Morgan fingerprint density at radius 3 is 1.15 bits per heavy atom. The summed E-state index contributed by atoms with van der Waals surface area (Å²) in [7, 11) is 0. The van der Waals surface area contributed by atoms with Gasteiger partial charge in [-0.1, -0.05) is 262 Å². The second-order valence-electron chi connectivity index (χ2n) is 20.7. The highest BCUT2D eigenvalue weighted by molar-refractivity contribution is 5.76. The third kappa shape index (κ3) is 53.4. The lowest BCUT2D eigenvalue weighted by Gasteiger charge is -2.22. The van der Waals surface area contributed by atoms with E-state index in [2.05, 4.69) is 55.6 Å². The van der Waals surface area contributed by atoms with Gasteiger partial charge in [0.05, 0.1) is 25.4 Å². The van der Waals surface area contributed by atoms with Gasteiger partial charge >= 0.3 is 5.97 Å². The van der Waals surface area contributed by atoms with Crippen LogP contribution >= 0.6 is 0 Å². The molecule has 0 aliphatic heterocycles. The molecule has 0 spiro atoms. The summed E-state index contributed by atoms with van der Waals surface area (Å²) >= 11 is 0. The van der Waals surface area contributed by atoms with Crippen molar-refractivity contribution in [1.82, 2.24) is 5.32 Å². The van der Waals surface area contributed by atoms with E-state index >= 15 is 0 Å². The predicted molar refractivity (Wildman–Crippen MR) is 296 cm³/mol. The normalized spacial score (nSPS) is 12.8. The summed E-state index contributed by atoms with van der Waals surface area (Å²) in [4.78, 5) is 24.5. The quantitative estimate of drug-likeness (QED) is 0.0321. The highest BCUT2D eigenvalue weighted by Gasteiger charge is 2.20. The molecule has 0 radical (unpaired) electrons. The molecule has 0 fully saturated rings. The Hall–Kier alpha value is -1.92. The van der Waals surface area contributed by atoms with Crippen LogP contribution < -0.4 is 5.32 Å². The van der Waals surface area contributed by atoms with Gasteiger partial charge in [-0.2, -0.15) is 0 Å². The number of allylic oxidation sites excluding steroid dienone is 6. The average Bonchev–Trinajstić information content (AvgIpc) is 3.34. The summed E-state index contributed by atoms with van der Waals surface area (Å²) in [6, 6.07) is -0.542. The van der Waals surface area contributed by atoms with Crippen LogP contribution in [-0.4, -0.2) is 47.4 Å². The lowest BCUT2D eigenvalue weighted by Crippen LogP contribution is -2.45. The van der Waals surface area contributed by atoms with Crippen LogP contribution in [0, 0.1) is 0 Å². The number of ether oxygens (including phenoxy) is 1. The summed E-state index contributed by atoms with van der Waals surface area (Å²) in [5.41, 5.74) is 0. The summed E-state index contributed by atoms with van der Waals surface area (Å²) in [6.45, 7) is 4.92. The van der Waals surface area contributed by atoms with Crippen LogP contribution in [-0.2, 0) is 14.3 Å². The second kappa shape index (κ2) is 57.7. The van der Waals surface area contributed by atoms with Crippen molar-refractivity contribution in [3.63, 3.8) is 0 Å². The fourth-order valence-electron chi connectivity index (χ4n) is 9.25. The molecule has 400 valence electrons. The van der Waals surface area contributed by atoms with Crippen molar-refractivity contribution in [2.24, 2.45) is 0 Å². The van der Waals surface area contributed by atoms with E-state index in [1.807, 2.05) is 0 Å². The number of aliphatic hydroxyl groups is 2. The van der Waals surface area contributed by atoms with Crippen LogP contribution in [0.4, 0.5) is 0 Å².